The summed E-state index contributed by atoms with van der Waals surface area (Å²) >= 11 is 1.39. The first kappa shape index (κ1) is 16.7. The molecule has 0 saturated heterocycles. The molecule has 1 saturated carbocycles. The van der Waals surface area contributed by atoms with E-state index in [9.17, 15) is 8.42 Å². The zero-order valence-electron chi connectivity index (χ0n) is 13.0. The topological polar surface area (TPSA) is 49.4 Å². The molecule has 1 N–H and O–H groups in total. The number of nitrogens with zero attached hydrogens (tertiary/aromatic N) is 1. The summed E-state index contributed by atoms with van der Waals surface area (Å²) in [7, 11) is -3.41. The summed E-state index contributed by atoms with van der Waals surface area (Å²) in [4.78, 5) is 1.12. The van der Waals surface area contributed by atoms with Gasteiger partial charge in [0.1, 0.15) is 4.21 Å². The lowest BCUT2D eigenvalue weighted by Crippen LogP contribution is -2.31. The molecular weight excluding hydrogens is 304 g/mol. The third-order valence-corrected chi connectivity index (χ3v) is 7.13. The SMILES string of the molecule is C=C(C)CN(CC)S(=O)(=O)c1cc(C)c(CNC2CC2)s1. The summed E-state index contributed by atoms with van der Waals surface area (Å²) in [6.07, 6.45) is 2.47. The van der Waals surface area contributed by atoms with Gasteiger partial charge >= 0.3 is 0 Å². The van der Waals surface area contributed by atoms with E-state index in [2.05, 4.69) is 11.9 Å². The fourth-order valence-corrected chi connectivity index (χ4v) is 5.31. The lowest BCUT2D eigenvalue weighted by molar-refractivity contribution is 0.454. The van der Waals surface area contributed by atoms with Crippen molar-refractivity contribution >= 4 is 21.4 Å². The molecule has 4 nitrogen and oxygen atoms in total. The molecule has 0 atom stereocenters. The van der Waals surface area contributed by atoms with Gasteiger partial charge in [-0.1, -0.05) is 19.1 Å². The van der Waals surface area contributed by atoms with Crippen molar-refractivity contribution in [2.75, 3.05) is 13.1 Å². The number of nitrogens with one attached hydrogen (secondary N) is 1. The van der Waals surface area contributed by atoms with E-state index in [0.717, 1.165) is 22.6 Å². The first-order valence-electron chi connectivity index (χ1n) is 7.31. The van der Waals surface area contributed by atoms with Crippen LogP contribution in [-0.2, 0) is 16.6 Å². The molecule has 1 fully saturated rings. The Labute approximate surface area is 131 Å². The van der Waals surface area contributed by atoms with Crippen LogP contribution in [0.4, 0.5) is 0 Å². The molecule has 1 aromatic heterocycles. The molecule has 0 aromatic carbocycles. The minimum Gasteiger partial charge on any atom is -0.309 e. The van der Waals surface area contributed by atoms with E-state index >= 15 is 0 Å². The average molecular weight is 329 g/mol. The summed E-state index contributed by atoms with van der Waals surface area (Å²) < 4.78 is 27.3. The van der Waals surface area contributed by atoms with Gasteiger partial charge in [0.25, 0.3) is 10.0 Å². The Morgan fingerprint density at radius 1 is 1.52 bits per heavy atom. The van der Waals surface area contributed by atoms with Gasteiger partial charge in [-0.05, 0) is 38.3 Å². The van der Waals surface area contributed by atoms with E-state index in [0.29, 0.717) is 23.3 Å². The molecule has 0 spiro atoms. The Morgan fingerprint density at radius 2 is 2.19 bits per heavy atom. The lowest BCUT2D eigenvalue weighted by Gasteiger charge is -2.19. The Balaban J connectivity index is 2.18. The van der Waals surface area contributed by atoms with Gasteiger partial charge in [-0.25, -0.2) is 8.42 Å². The van der Waals surface area contributed by atoms with Gasteiger partial charge < -0.3 is 5.32 Å². The van der Waals surface area contributed by atoms with E-state index < -0.39 is 10.0 Å². The van der Waals surface area contributed by atoms with Crippen LogP contribution in [0.1, 0.15) is 37.1 Å². The molecule has 6 heteroatoms. The quantitative estimate of drug-likeness (QED) is 0.747. The standard InChI is InChI=1S/C15H24N2O2S2/c1-5-17(10-11(2)3)21(18,19)15-8-12(4)14(20-15)9-16-13-6-7-13/h8,13,16H,2,5-7,9-10H2,1,3-4H3. The monoisotopic (exact) mass is 328 g/mol. The van der Waals surface area contributed by atoms with Gasteiger partial charge in [0, 0.05) is 30.6 Å². The van der Waals surface area contributed by atoms with Crippen molar-refractivity contribution in [1.82, 2.24) is 9.62 Å². The summed E-state index contributed by atoms with van der Waals surface area (Å²) in [5.41, 5.74) is 1.91. The first-order chi connectivity index (χ1) is 9.84. The van der Waals surface area contributed by atoms with Gasteiger partial charge in [0.2, 0.25) is 0 Å². The highest BCUT2D eigenvalue weighted by Crippen LogP contribution is 2.29. The van der Waals surface area contributed by atoms with Crippen molar-refractivity contribution in [2.24, 2.45) is 0 Å². The Bertz CT molecular complexity index is 616. The van der Waals surface area contributed by atoms with Crippen LogP contribution in [0.25, 0.3) is 0 Å². The van der Waals surface area contributed by atoms with Gasteiger partial charge in [-0.3, -0.25) is 0 Å². The van der Waals surface area contributed by atoms with E-state index in [1.165, 1.54) is 28.5 Å². The van der Waals surface area contributed by atoms with Crippen LogP contribution in [0.15, 0.2) is 22.4 Å². The zero-order chi connectivity index (χ0) is 15.6. The number of likely N-dealkylation sites (N-methyl/N-ethyl adjacent to an activating group) is 1. The van der Waals surface area contributed by atoms with E-state index in [1.807, 2.05) is 20.8 Å². The van der Waals surface area contributed by atoms with Crippen molar-refractivity contribution in [1.29, 1.82) is 0 Å². The Morgan fingerprint density at radius 3 is 2.71 bits per heavy atom. The highest BCUT2D eigenvalue weighted by Gasteiger charge is 2.26. The summed E-state index contributed by atoms with van der Waals surface area (Å²) in [5, 5.41) is 3.44. The number of rotatable bonds is 8. The Kier molecular flexibility index (Phi) is 5.24. The van der Waals surface area contributed by atoms with E-state index in [-0.39, 0.29) is 0 Å². The van der Waals surface area contributed by atoms with Crippen LogP contribution >= 0.6 is 11.3 Å². The first-order valence-corrected chi connectivity index (χ1v) is 9.57. The molecule has 1 aliphatic carbocycles. The molecule has 1 heterocycles. The molecule has 0 bridgehead atoms. The second-order valence-corrected chi connectivity index (χ2v) is 9.02. The third-order valence-electron chi connectivity index (χ3n) is 3.52. The predicted octanol–water partition coefficient (Wildman–Crippen LogP) is 2.90. The molecule has 0 unspecified atom stereocenters. The van der Waals surface area contributed by atoms with Gasteiger partial charge in [-0.2, -0.15) is 4.31 Å². The minimum atomic E-state index is -3.41. The molecule has 1 aromatic rings. The minimum absolute atomic E-state index is 0.380. The lowest BCUT2D eigenvalue weighted by atomic mass is 10.3. The Hall–Kier alpha value is -0.690. The maximum Gasteiger partial charge on any atom is 0.252 e. The second-order valence-electron chi connectivity index (χ2n) is 5.72. The van der Waals surface area contributed by atoms with E-state index in [1.54, 1.807) is 6.07 Å². The van der Waals surface area contributed by atoms with Crippen LogP contribution < -0.4 is 5.32 Å². The van der Waals surface area contributed by atoms with Crippen molar-refractivity contribution in [3.8, 4) is 0 Å². The smallest absolute Gasteiger partial charge is 0.252 e. The van der Waals surface area contributed by atoms with Crippen molar-refractivity contribution in [3.05, 3.63) is 28.7 Å². The van der Waals surface area contributed by atoms with Crippen LogP contribution in [0, 0.1) is 6.92 Å². The largest absolute Gasteiger partial charge is 0.309 e. The fraction of sp³-hybridized carbons (Fsp3) is 0.600. The van der Waals surface area contributed by atoms with Crippen molar-refractivity contribution in [3.63, 3.8) is 0 Å². The molecule has 2 rings (SSSR count). The summed E-state index contributed by atoms with van der Waals surface area (Å²) in [6.45, 7) is 11.1. The molecule has 21 heavy (non-hydrogen) atoms. The van der Waals surface area contributed by atoms with Gasteiger partial charge in [-0.15, -0.1) is 11.3 Å². The van der Waals surface area contributed by atoms with Crippen LogP contribution in [0.5, 0.6) is 0 Å². The summed E-state index contributed by atoms with van der Waals surface area (Å²) in [5.74, 6) is 0. The molecule has 118 valence electrons. The fourth-order valence-electron chi connectivity index (χ4n) is 2.11. The average Bonchev–Trinajstić information content (AvgIpc) is 3.16. The highest BCUT2D eigenvalue weighted by molar-refractivity contribution is 7.91. The number of hydrogen-bond acceptors (Lipinski definition) is 4. The number of aryl methyl sites for hydroxylation is 1. The second kappa shape index (κ2) is 6.60. The molecule has 1 aliphatic rings. The molecule has 0 amide bonds. The van der Waals surface area contributed by atoms with Crippen LogP contribution in [0.3, 0.4) is 0 Å². The third kappa shape index (κ3) is 4.16. The summed E-state index contributed by atoms with van der Waals surface area (Å²) in [6, 6.07) is 2.42. The molecule has 0 radical (unpaired) electrons. The maximum atomic E-state index is 12.7. The van der Waals surface area contributed by atoms with Crippen LogP contribution in [-0.4, -0.2) is 31.9 Å². The normalized spacial score (nSPS) is 15.6. The highest BCUT2D eigenvalue weighted by atomic mass is 32.2. The predicted molar refractivity (Wildman–Crippen MR) is 88.2 cm³/mol. The number of thiophene rings is 1. The van der Waals surface area contributed by atoms with Crippen LogP contribution in [0.2, 0.25) is 0 Å². The maximum absolute atomic E-state index is 12.7. The van der Waals surface area contributed by atoms with E-state index in [4.69, 9.17) is 0 Å². The number of sulfonamides is 1. The zero-order valence-corrected chi connectivity index (χ0v) is 14.6. The van der Waals surface area contributed by atoms with Crippen molar-refractivity contribution in [2.45, 2.75) is 50.4 Å². The van der Waals surface area contributed by atoms with Gasteiger partial charge in [0.15, 0.2) is 0 Å². The van der Waals surface area contributed by atoms with Gasteiger partial charge in [0.05, 0.1) is 0 Å². The molecular formula is C15H24N2O2S2. The molecule has 0 aliphatic heterocycles. The van der Waals surface area contributed by atoms with Crippen molar-refractivity contribution < 1.29 is 8.42 Å². The number of hydrogen-bond donors (Lipinski definition) is 1.